The quantitative estimate of drug-likeness (QED) is 0.470. The molecule has 1 amide bonds. The van der Waals surface area contributed by atoms with Gasteiger partial charge in [-0.15, -0.1) is 0 Å². The van der Waals surface area contributed by atoms with Crippen molar-refractivity contribution in [3.63, 3.8) is 0 Å². The molecule has 28 heavy (non-hydrogen) atoms. The average molecular weight is 384 g/mol. The Morgan fingerprint density at radius 3 is 2.75 bits per heavy atom. The minimum atomic E-state index is -0.514. The lowest BCUT2D eigenvalue weighted by molar-refractivity contribution is -0.386. The van der Waals surface area contributed by atoms with Crippen LogP contribution in [0.5, 0.6) is 5.75 Å². The first kappa shape index (κ1) is 19.1. The molecule has 10 heteroatoms. The van der Waals surface area contributed by atoms with Gasteiger partial charge in [0, 0.05) is 37.1 Å². The molecule has 0 aliphatic rings. The van der Waals surface area contributed by atoms with Gasteiger partial charge in [-0.05, 0) is 26.0 Å². The predicted molar refractivity (Wildman–Crippen MR) is 99.8 cm³/mol. The van der Waals surface area contributed by atoms with Gasteiger partial charge in [0.25, 0.3) is 5.91 Å². The van der Waals surface area contributed by atoms with E-state index in [9.17, 15) is 14.9 Å². The Labute approximate surface area is 160 Å². The number of amides is 1. The highest BCUT2D eigenvalue weighted by atomic mass is 16.6. The van der Waals surface area contributed by atoms with Crippen molar-refractivity contribution in [1.29, 1.82) is 0 Å². The Morgan fingerprint density at radius 2 is 2.04 bits per heavy atom. The van der Waals surface area contributed by atoms with E-state index < -0.39 is 4.92 Å². The lowest BCUT2D eigenvalue weighted by Gasteiger charge is -2.06. The van der Waals surface area contributed by atoms with Gasteiger partial charge < -0.3 is 10.1 Å². The molecule has 0 saturated carbocycles. The third-order valence-electron chi connectivity index (χ3n) is 4.10. The smallest absolute Gasteiger partial charge is 0.311 e. The van der Waals surface area contributed by atoms with Crippen LogP contribution in [0.25, 0.3) is 0 Å². The second-order valence-electron chi connectivity index (χ2n) is 6.02. The minimum absolute atomic E-state index is 0.0550. The summed E-state index contributed by atoms with van der Waals surface area (Å²) in [4.78, 5) is 22.8. The molecule has 10 nitrogen and oxygen atoms in total. The number of nitro groups is 1. The Kier molecular flexibility index (Phi) is 5.68. The van der Waals surface area contributed by atoms with Crippen LogP contribution in [0.3, 0.4) is 0 Å². The van der Waals surface area contributed by atoms with Crippen molar-refractivity contribution >= 4 is 11.6 Å². The van der Waals surface area contributed by atoms with Crippen LogP contribution >= 0.6 is 0 Å². The molecule has 0 radical (unpaired) electrons. The van der Waals surface area contributed by atoms with Gasteiger partial charge in [-0.25, -0.2) is 4.68 Å². The van der Waals surface area contributed by atoms with Gasteiger partial charge in [-0.2, -0.15) is 10.2 Å². The maximum absolute atomic E-state index is 12.3. The Hall–Kier alpha value is -3.69. The number of aromatic nitrogens is 4. The first-order valence-corrected chi connectivity index (χ1v) is 8.68. The fourth-order valence-corrected chi connectivity index (χ4v) is 2.58. The second kappa shape index (κ2) is 8.33. The fourth-order valence-electron chi connectivity index (χ4n) is 2.58. The molecule has 3 rings (SSSR count). The third kappa shape index (κ3) is 4.34. The van der Waals surface area contributed by atoms with Crippen LogP contribution in [0.4, 0.5) is 5.69 Å². The zero-order chi connectivity index (χ0) is 20.1. The first-order chi connectivity index (χ1) is 13.5. The molecule has 0 atom stereocenters. The molecule has 2 aromatic heterocycles. The summed E-state index contributed by atoms with van der Waals surface area (Å²) >= 11 is 0. The lowest BCUT2D eigenvalue weighted by atomic mass is 10.2. The minimum Gasteiger partial charge on any atom is -0.464 e. The maximum Gasteiger partial charge on any atom is 0.311 e. The molecule has 0 fully saturated rings. The zero-order valence-corrected chi connectivity index (χ0v) is 15.5. The molecule has 0 unspecified atom stereocenters. The van der Waals surface area contributed by atoms with Crippen molar-refractivity contribution in [2.75, 3.05) is 0 Å². The molecule has 1 aromatic carbocycles. The summed E-state index contributed by atoms with van der Waals surface area (Å²) in [5.41, 5.74) is 1.90. The van der Waals surface area contributed by atoms with Crippen LogP contribution < -0.4 is 10.1 Å². The standard InChI is InChI=1S/C18H20N6O4/c1-3-22-11-14(13(2)20-22)10-19-18(25)15-8-9-23(21-15)12-28-17-7-5-4-6-16(17)24(26)27/h4-9,11H,3,10,12H2,1-2H3,(H,19,25). The summed E-state index contributed by atoms with van der Waals surface area (Å²) in [6.07, 6.45) is 3.47. The van der Waals surface area contributed by atoms with Gasteiger partial charge in [0.05, 0.1) is 10.6 Å². The molecule has 0 bridgehead atoms. The van der Waals surface area contributed by atoms with E-state index in [1.54, 1.807) is 24.4 Å². The zero-order valence-electron chi connectivity index (χ0n) is 15.5. The number of benzene rings is 1. The Balaban J connectivity index is 1.58. The van der Waals surface area contributed by atoms with Crippen LogP contribution in [0, 0.1) is 17.0 Å². The number of para-hydroxylation sites is 2. The number of carbonyl (C=O) groups excluding carboxylic acids is 1. The molecule has 0 aliphatic heterocycles. The van der Waals surface area contributed by atoms with E-state index in [1.165, 1.54) is 16.8 Å². The van der Waals surface area contributed by atoms with E-state index in [2.05, 4.69) is 15.5 Å². The Bertz CT molecular complexity index is 994. The highest BCUT2D eigenvalue weighted by Crippen LogP contribution is 2.25. The van der Waals surface area contributed by atoms with Gasteiger partial charge in [0.1, 0.15) is 5.69 Å². The number of carbonyl (C=O) groups is 1. The summed E-state index contributed by atoms with van der Waals surface area (Å²) in [5.74, 6) is -0.189. The lowest BCUT2D eigenvalue weighted by Crippen LogP contribution is -2.23. The topological polar surface area (TPSA) is 117 Å². The molecule has 1 N–H and O–H groups in total. The summed E-state index contributed by atoms with van der Waals surface area (Å²) in [7, 11) is 0. The number of rotatable bonds is 8. The molecule has 0 saturated heterocycles. The van der Waals surface area contributed by atoms with E-state index in [0.29, 0.717) is 6.54 Å². The van der Waals surface area contributed by atoms with Crippen molar-refractivity contribution < 1.29 is 14.5 Å². The number of hydrogen-bond donors (Lipinski definition) is 1. The number of nitrogens with one attached hydrogen (secondary N) is 1. The number of aryl methyl sites for hydroxylation is 2. The molecule has 146 valence electrons. The summed E-state index contributed by atoms with van der Waals surface area (Å²) < 4.78 is 8.66. The van der Waals surface area contributed by atoms with Crippen LogP contribution in [-0.2, 0) is 19.8 Å². The fraction of sp³-hybridized carbons (Fsp3) is 0.278. The van der Waals surface area contributed by atoms with Crippen molar-refractivity contribution in [2.45, 2.75) is 33.7 Å². The number of nitrogens with zero attached hydrogens (tertiary/aromatic N) is 5. The molecular weight excluding hydrogens is 364 g/mol. The van der Waals surface area contributed by atoms with Gasteiger partial charge in [0.15, 0.2) is 12.5 Å². The van der Waals surface area contributed by atoms with Crippen LogP contribution in [0.2, 0.25) is 0 Å². The van der Waals surface area contributed by atoms with Gasteiger partial charge in [0.2, 0.25) is 0 Å². The van der Waals surface area contributed by atoms with E-state index in [0.717, 1.165) is 17.8 Å². The normalized spacial score (nSPS) is 10.6. The van der Waals surface area contributed by atoms with Gasteiger partial charge in [-0.1, -0.05) is 12.1 Å². The second-order valence-corrected chi connectivity index (χ2v) is 6.02. The molecule has 2 heterocycles. The first-order valence-electron chi connectivity index (χ1n) is 8.68. The largest absolute Gasteiger partial charge is 0.464 e. The summed E-state index contributed by atoms with van der Waals surface area (Å²) in [6.45, 7) is 4.94. The highest BCUT2D eigenvalue weighted by Gasteiger charge is 2.15. The SMILES string of the molecule is CCn1cc(CNC(=O)c2ccn(COc3ccccc3[N+](=O)[O-])n2)c(C)n1. The van der Waals surface area contributed by atoms with Gasteiger partial charge >= 0.3 is 5.69 Å². The van der Waals surface area contributed by atoms with Crippen LogP contribution in [0.15, 0.2) is 42.7 Å². The van der Waals surface area contributed by atoms with E-state index in [1.807, 2.05) is 24.7 Å². The molecule has 3 aromatic rings. The average Bonchev–Trinajstić information content (AvgIpc) is 3.31. The molecule has 0 spiro atoms. The van der Waals surface area contributed by atoms with Crippen molar-refractivity contribution in [3.05, 3.63) is 69.8 Å². The molecular formula is C18H20N6O4. The monoisotopic (exact) mass is 384 g/mol. The summed E-state index contributed by atoms with van der Waals surface area (Å²) in [5, 5.41) is 22.3. The van der Waals surface area contributed by atoms with Crippen molar-refractivity contribution in [3.8, 4) is 5.75 Å². The van der Waals surface area contributed by atoms with E-state index >= 15 is 0 Å². The molecule has 0 aliphatic carbocycles. The predicted octanol–water partition coefficient (Wildman–Crippen LogP) is 2.28. The number of hydrogen-bond acceptors (Lipinski definition) is 6. The van der Waals surface area contributed by atoms with Crippen molar-refractivity contribution in [2.24, 2.45) is 0 Å². The highest BCUT2D eigenvalue weighted by molar-refractivity contribution is 5.92. The van der Waals surface area contributed by atoms with E-state index in [-0.39, 0.29) is 29.8 Å². The third-order valence-corrected chi connectivity index (χ3v) is 4.10. The number of nitro benzene ring substituents is 1. The van der Waals surface area contributed by atoms with E-state index in [4.69, 9.17) is 4.74 Å². The van der Waals surface area contributed by atoms with Crippen molar-refractivity contribution in [1.82, 2.24) is 24.9 Å². The summed E-state index contributed by atoms with van der Waals surface area (Å²) in [6, 6.07) is 7.63. The van der Waals surface area contributed by atoms with Gasteiger partial charge in [-0.3, -0.25) is 19.6 Å². The maximum atomic E-state index is 12.3. The van der Waals surface area contributed by atoms with Crippen LogP contribution in [0.1, 0.15) is 28.7 Å². The Morgan fingerprint density at radius 1 is 1.25 bits per heavy atom. The number of ether oxygens (including phenoxy) is 1. The van der Waals surface area contributed by atoms with Crippen LogP contribution in [-0.4, -0.2) is 30.4 Å².